The van der Waals surface area contributed by atoms with Crippen molar-refractivity contribution in [2.45, 2.75) is 38.9 Å². The van der Waals surface area contributed by atoms with Gasteiger partial charge in [-0.05, 0) is 79.1 Å². The van der Waals surface area contributed by atoms with E-state index in [-0.39, 0.29) is 25.7 Å². The molecule has 61 heavy (non-hydrogen) atoms. The lowest BCUT2D eigenvalue weighted by Gasteiger charge is -2.22. The summed E-state index contributed by atoms with van der Waals surface area (Å²) >= 11 is 3.38. The number of aromatic nitrogens is 4. The third kappa shape index (κ3) is 13.2. The van der Waals surface area contributed by atoms with Gasteiger partial charge in [0, 0.05) is 90.5 Å². The molecule has 6 aromatic rings. The minimum atomic E-state index is -0.440. The number of anilines is 2. The summed E-state index contributed by atoms with van der Waals surface area (Å²) in [6.07, 6.45) is 12.0. The van der Waals surface area contributed by atoms with Crippen molar-refractivity contribution in [3.05, 3.63) is 149 Å². The third-order valence-corrected chi connectivity index (χ3v) is 10.1. The van der Waals surface area contributed by atoms with Gasteiger partial charge in [0.2, 0.25) is 11.8 Å². The van der Waals surface area contributed by atoms with Crippen LogP contribution < -0.4 is 35.4 Å². The normalized spacial score (nSPS) is 15.2. The molecule has 0 saturated carbocycles. The number of nitrogens with zero attached hydrogens (tertiary/aromatic N) is 6. The van der Waals surface area contributed by atoms with Crippen LogP contribution in [0.2, 0.25) is 0 Å². The van der Waals surface area contributed by atoms with Crippen LogP contribution in [0.3, 0.4) is 0 Å². The number of halogens is 1. The van der Waals surface area contributed by atoms with E-state index in [0.29, 0.717) is 49.4 Å². The van der Waals surface area contributed by atoms with E-state index in [1.54, 1.807) is 49.2 Å². The van der Waals surface area contributed by atoms with Gasteiger partial charge in [-0.2, -0.15) is 13.5 Å². The van der Waals surface area contributed by atoms with Gasteiger partial charge < -0.3 is 40.4 Å². The van der Waals surface area contributed by atoms with E-state index in [1.807, 2.05) is 80.6 Å². The SMILES string of the molecule is Cc1ccc(O[C@H]2CCN(c3ccc(-c4cccnc4)cc3C(N)=O)C2)nc1.Cc1ccc(O[C@H]2CCN(c3ccc(Br)cc3C(N)=O)C2)nc1.O[B]Oc1cccnc1.S. The Morgan fingerprint density at radius 3 is 1.72 bits per heavy atom. The predicted octanol–water partition coefficient (Wildman–Crippen LogP) is 6.22. The molecule has 17 heteroatoms. The highest BCUT2D eigenvalue weighted by Gasteiger charge is 2.28. The number of carbonyl (C=O) groups excluding carboxylic acids is 2. The average molecular weight is 907 g/mol. The van der Waals surface area contributed by atoms with E-state index in [2.05, 4.69) is 50.3 Å². The van der Waals surface area contributed by atoms with Crippen molar-refractivity contribution in [2.75, 3.05) is 36.0 Å². The monoisotopic (exact) mass is 905 g/mol. The molecule has 0 unspecified atom stereocenters. The van der Waals surface area contributed by atoms with Crippen LogP contribution >= 0.6 is 29.4 Å². The van der Waals surface area contributed by atoms with Crippen molar-refractivity contribution in [3.8, 4) is 28.6 Å². The molecule has 14 nitrogen and oxygen atoms in total. The summed E-state index contributed by atoms with van der Waals surface area (Å²) in [7, 11) is 0.622. The molecule has 2 atom stereocenters. The van der Waals surface area contributed by atoms with Gasteiger partial charge in [0.25, 0.3) is 11.8 Å². The minimum Gasteiger partial charge on any atom is -0.536 e. The Kier molecular flexibility index (Phi) is 16.9. The number of hydrogen-bond donors (Lipinski definition) is 3. The predicted molar refractivity (Wildman–Crippen MR) is 245 cm³/mol. The summed E-state index contributed by atoms with van der Waals surface area (Å²) in [5.74, 6) is 0.920. The maximum absolute atomic E-state index is 12.1. The maximum atomic E-state index is 12.1. The highest BCUT2D eigenvalue weighted by molar-refractivity contribution is 9.10. The summed E-state index contributed by atoms with van der Waals surface area (Å²) in [6.45, 7) is 6.99. The molecule has 2 aliphatic rings. The fourth-order valence-corrected chi connectivity index (χ4v) is 7.02. The number of carbonyl (C=O) groups is 2. The minimum absolute atomic E-state index is 0. The first-order chi connectivity index (χ1) is 29.1. The molecule has 315 valence electrons. The number of pyridine rings is 4. The van der Waals surface area contributed by atoms with Crippen LogP contribution in [0.25, 0.3) is 11.1 Å². The number of benzene rings is 2. The van der Waals surface area contributed by atoms with Gasteiger partial charge in [-0.3, -0.25) is 19.6 Å². The molecular formula is C44H47BBrN8O6S. The molecule has 4 aromatic heterocycles. The van der Waals surface area contributed by atoms with E-state index in [9.17, 15) is 9.59 Å². The Balaban J connectivity index is 0.000000192. The number of primary amides is 2. The first-order valence-electron chi connectivity index (χ1n) is 19.2. The smallest absolute Gasteiger partial charge is 0.536 e. The second kappa shape index (κ2) is 22.4. The fraction of sp³-hybridized carbons (Fsp3) is 0.227. The molecular weight excluding hydrogens is 859 g/mol. The van der Waals surface area contributed by atoms with Crippen LogP contribution in [0.1, 0.15) is 44.7 Å². The zero-order valence-electron chi connectivity index (χ0n) is 33.7. The van der Waals surface area contributed by atoms with E-state index in [0.717, 1.165) is 64.0 Å². The quantitative estimate of drug-likeness (QED) is 0.125. The lowest BCUT2D eigenvalue weighted by atomic mass is 10.0. The maximum Gasteiger partial charge on any atom is 0.569 e. The molecule has 6 heterocycles. The molecule has 0 bridgehead atoms. The lowest BCUT2D eigenvalue weighted by Crippen LogP contribution is -2.27. The van der Waals surface area contributed by atoms with Gasteiger partial charge >= 0.3 is 7.69 Å². The van der Waals surface area contributed by atoms with Crippen LogP contribution in [-0.2, 0) is 0 Å². The van der Waals surface area contributed by atoms with Gasteiger partial charge in [-0.25, -0.2) is 9.97 Å². The number of nitrogens with two attached hydrogens (primary N) is 2. The zero-order chi connectivity index (χ0) is 42.4. The van der Waals surface area contributed by atoms with E-state index < -0.39 is 11.8 Å². The first-order valence-corrected chi connectivity index (χ1v) is 20.0. The number of amides is 2. The van der Waals surface area contributed by atoms with Crippen molar-refractivity contribution in [2.24, 2.45) is 11.5 Å². The first kappa shape index (κ1) is 45.9. The molecule has 1 radical (unpaired) electrons. The van der Waals surface area contributed by atoms with Crippen molar-refractivity contribution < 1.29 is 28.7 Å². The molecule has 2 saturated heterocycles. The Labute approximate surface area is 371 Å². The number of hydrogen-bond acceptors (Lipinski definition) is 12. The van der Waals surface area contributed by atoms with Crippen LogP contribution in [-0.4, -0.2) is 82.8 Å². The lowest BCUT2D eigenvalue weighted by molar-refractivity contribution is 0.0992. The topological polar surface area (TPSA) is 192 Å². The highest BCUT2D eigenvalue weighted by atomic mass is 79.9. The Bertz CT molecular complexity index is 2340. The zero-order valence-corrected chi connectivity index (χ0v) is 36.3. The van der Waals surface area contributed by atoms with Crippen molar-refractivity contribution >= 4 is 60.3 Å². The molecule has 0 aliphatic carbocycles. The average Bonchev–Trinajstić information content (AvgIpc) is 3.93. The fourth-order valence-electron chi connectivity index (χ4n) is 6.66. The Morgan fingerprint density at radius 1 is 0.705 bits per heavy atom. The largest absolute Gasteiger partial charge is 0.569 e. The van der Waals surface area contributed by atoms with Gasteiger partial charge in [-0.15, -0.1) is 0 Å². The van der Waals surface area contributed by atoms with Crippen LogP contribution in [0.15, 0.2) is 127 Å². The van der Waals surface area contributed by atoms with E-state index in [4.69, 9.17) is 26.0 Å². The number of ether oxygens (including phenoxy) is 2. The van der Waals surface area contributed by atoms with Crippen LogP contribution in [0.4, 0.5) is 11.4 Å². The van der Waals surface area contributed by atoms with Gasteiger partial charge in [0.05, 0.1) is 30.4 Å². The molecule has 5 N–H and O–H groups in total. The van der Waals surface area contributed by atoms with Gasteiger partial charge in [0.15, 0.2) is 0 Å². The second-order valence-electron chi connectivity index (χ2n) is 14.1. The molecule has 2 amide bonds. The summed E-state index contributed by atoms with van der Waals surface area (Å²) in [5, 5.41) is 8.14. The third-order valence-electron chi connectivity index (χ3n) is 9.62. The van der Waals surface area contributed by atoms with E-state index >= 15 is 0 Å². The summed E-state index contributed by atoms with van der Waals surface area (Å²) in [5.41, 5.74) is 18.0. The standard InChI is InChI=1S/C22H22N4O2.C17H18BrN3O2.C5H5BNO2.H2S/c1-15-4-7-21(25-12-15)28-18-8-10-26(14-18)20-6-5-16(11-19(20)22(23)27)17-3-2-9-24-13-17;1-11-2-5-16(20-9-11)23-13-6-7-21(10-13)15-4-3-12(18)8-14(15)17(19)22;8-6-9-5-2-1-3-7-4-5;/h2-7,9,11-13,18H,8,10,14H2,1H3,(H2,23,27);2-5,8-9,13H,6-7,10H2,1H3,(H2,19,22);1-4,8H;1H2/t18-;13-;;/m00../s1. The Hall–Kier alpha value is -6.17. The summed E-state index contributed by atoms with van der Waals surface area (Å²) in [4.78, 5) is 44.5. The van der Waals surface area contributed by atoms with Crippen molar-refractivity contribution in [1.82, 2.24) is 19.9 Å². The van der Waals surface area contributed by atoms with Gasteiger partial charge in [-0.1, -0.05) is 40.2 Å². The number of rotatable bonds is 11. The molecule has 8 rings (SSSR count). The highest BCUT2D eigenvalue weighted by Crippen LogP contribution is 2.31. The Morgan fingerprint density at radius 2 is 1.25 bits per heavy atom. The molecule has 2 aromatic carbocycles. The van der Waals surface area contributed by atoms with Crippen LogP contribution in [0.5, 0.6) is 17.5 Å². The molecule has 2 fully saturated rings. The summed E-state index contributed by atoms with van der Waals surface area (Å²) in [6, 6.07) is 26.3. The second-order valence-corrected chi connectivity index (χ2v) is 15.0. The molecule has 2 aliphatic heterocycles. The van der Waals surface area contributed by atoms with Crippen molar-refractivity contribution in [3.63, 3.8) is 0 Å². The van der Waals surface area contributed by atoms with E-state index in [1.165, 1.54) is 6.20 Å². The number of aryl methyl sites for hydroxylation is 2. The van der Waals surface area contributed by atoms with Crippen molar-refractivity contribution in [1.29, 1.82) is 0 Å². The summed E-state index contributed by atoms with van der Waals surface area (Å²) < 4.78 is 17.3. The molecule has 0 spiro atoms. The van der Waals surface area contributed by atoms with Gasteiger partial charge in [0.1, 0.15) is 18.0 Å². The van der Waals surface area contributed by atoms with Crippen LogP contribution in [0, 0.1) is 13.8 Å².